The number of benzene rings is 1. The number of nitrogens with one attached hydrogen (secondary N) is 1. The van der Waals surface area contributed by atoms with Crippen LogP contribution in [0.15, 0.2) is 24.3 Å². The second-order valence-corrected chi connectivity index (χ2v) is 3.84. The largest absolute Gasteiger partial charge is 0.383 e. The third kappa shape index (κ3) is 4.65. The Hall–Kier alpha value is -1.22. The molecule has 0 radical (unpaired) electrons. The van der Waals surface area contributed by atoms with Gasteiger partial charge in [-0.1, -0.05) is 0 Å². The monoisotopic (exact) mass is 236 g/mol. The van der Waals surface area contributed by atoms with Crippen LogP contribution in [-0.2, 0) is 4.74 Å². The fourth-order valence-corrected chi connectivity index (χ4v) is 1.79. The van der Waals surface area contributed by atoms with Crippen LogP contribution in [0.5, 0.6) is 0 Å². The van der Waals surface area contributed by atoms with Crippen molar-refractivity contribution < 1.29 is 4.74 Å². The van der Waals surface area contributed by atoms with E-state index in [-0.39, 0.29) is 0 Å². The van der Waals surface area contributed by atoms with Gasteiger partial charge in [0, 0.05) is 37.6 Å². The van der Waals surface area contributed by atoms with Crippen LogP contribution >= 0.6 is 0 Å². The molecule has 0 saturated heterocycles. The molecule has 0 spiro atoms. The molecule has 1 rings (SSSR count). The number of hydrogen-bond donors (Lipinski definition) is 1. The molecule has 96 valence electrons. The maximum absolute atomic E-state index is 5.28. The van der Waals surface area contributed by atoms with Gasteiger partial charge in [0.05, 0.1) is 6.61 Å². The molecule has 17 heavy (non-hydrogen) atoms. The van der Waals surface area contributed by atoms with Crippen LogP contribution in [0.1, 0.15) is 20.8 Å². The summed E-state index contributed by atoms with van der Waals surface area (Å²) in [5.41, 5.74) is 2.44. The minimum atomic E-state index is 0.758. The fourth-order valence-electron chi connectivity index (χ4n) is 1.79. The Morgan fingerprint density at radius 2 is 1.71 bits per heavy atom. The lowest BCUT2D eigenvalue weighted by atomic mass is 10.2. The maximum Gasteiger partial charge on any atom is 0.0638 e. The average Bonchev–Trinajstić information content (AvgIpc) is 2.38. The van der Waals surface area contributed by atoms with Crippen molar-refractivity contribution in [2.75, 3.05) is 43.1 Å². The van der Waals surface area contributed by atoms with E-state index < -0.39 is 0 Å². The molecule has 0 aromatic heterocycles. The van der Waals surface area contributed by atoms with Crippen molar-refractivity contribution in [1.82, 2.24) is 0 Å². The van der Waals surface area contributed by atoms with E-state index in [1.807, 2.05) is 6.92 Å². The van der Waals surface area contributed by atoms with E-state index >= 15 is 0 Å². The molecule has 0 heterocycles. The van der Waals surface area contributed by atoms with Crippen LogP contribution in [0.4, 0.5) is 11.4 Å². The molecule has 0 aliphatic rings. The first-order valence-electron chi connectivity index (χ1n) is 6.48. The molecule has 0 atom stereocenters. The number of rotatable bonds is 8. The van der Waals surface area contributed by atoms with Gasteiger partial charge in [0.25, 0.3) is 0 Å². The first-order valence-corrected chi connectivity index (χ1v) is 6.48. The van der Waals surface area contributed by atoms with Crippen molar-refractivity contribution in [2.45, 2.75) is 20.8 Å². The molecule has 0 aliphatic carbocycles. The lowest BCUT2D eigenvalue weighted by molar-refractivity contribution is 0.158. The summed E-state index contributed by atoms with van der Waals surface area (Å²) in [6.45, 7) is 10.9. The van der Waals surface area contributed by atoms with Crippen molar-refractivity contribution >= 4 is 11.4 Å². The predicted octanol–water partition coefficient (Wildman–Crippen LogP) is 2.98. The van der Waals surface area contributed by atoms with Crippen LogP contribution in [0, 0.1) is 0 Å². The zero-order valence-electron chi connectivity index (χ0n) is 11.2. The molecular weight excluding hydrogens is 212 g/mol. The van der Waals surface area contributed by atoms with Crippen LogP contribution in [0.2, 0.25) is 0 Å². The average molecular weight is 236 g/mol. The van der Waals surface area contributed by atoms with E-state index in [9.17, 15) is 0 Å². The lowest BCUT2D eigenvalue weighted by Gasteiger charge is -2.21. The van der Waals surface area contributed by atoms with Gasteiger partial charge in [0.2, 0.25) is 0 Å². The van der Waals surface area contributed by atoms with Crippen molar-refractivity contribution in [3.8, 4) is 0 Å². The normalized spacial score (nSPS) is 10.3. The molecule has 0 aliphatic heterocycles. The molecule has 0 bridgehead atoms. The van der Waals surface area contributed by atoms with Gasteiger partial charge < -0.3 is 15.0 Å². The zero-order valence-corrected chi connectivity index (χ0v) is 11.2. The van der Waals surface area contributed by atoms with Crippen LogP contribution in [0.3, 0.4) is 0 Å². The Kier molecular flexibility index (Phi) is 6.48. The molecule has 0 saturated carbocycles. The number of hydrogen-bond acceptors (Lipinski definition) is 3. The van der Waals surface area contributed by atoms with E-state index in [0.29, 0.717) is 0 Å². The fraction of sp³-hybridized carbons (Fsp3) is 0.571. The highest BCUT2D eigenvalue weighted by Gasteiger charge is 2.00. The first-order chi connectivity index (χ1) is 8.31. The Balaban J connectivity index is 2.44. The molecule has 1 aromatic rings. The Bertz CT molecular complexity index is 294. The molecule has 3 heteroatoms. The number of ether oxygens (including phenoxy) is 1. The molecule has 1 aromatic carbocycles. The van der Waals surface area contributed by atoms with E-state index in [4.69, 9.17) is 4.74 Å². The second kappa shape index (κ2) is 7.96. The Morgan fingerprint density at radius 1 is 1.06 bits per heavy atom. The molecule has 0 amide bonds. The lowest BCUT2D eigenvalue weighted by Crippen LogP contribution is -2.21. The summed E-state index contributed by atoms with van der Waals surface area (Å²) in [5.74, 6) is 0. The standard InChI is InChI=1S/C14H24N2O/c1-4-16(5-2)14-9-7-13(8-10-14)15-11-12-17-6-3/h7-10,15H,4-6,11-12H2,1-3H3. The van der Waals surface area contributed by atoms with Gasteiger partial charge in [0.1, 0.15) is 0 Å². The smallest absolute Gasteiger partial charge is 0.0638 e. The van der Waals surface area contributed by atoms with Crippen molar-refractivity contribution in [3.63, 3.8) is 0 Å². The van der Waals surface area contributed by atoms with E-state index in [0.717, 1.165) is 38.5 Å². The summed E-state index contributed by atoms with van der Waals surface area (Å²) in [5, 5.41) is 3.34. The Morgan fingerprint density at radius 3 is 2.24 bits per heavy atom. The van der Waals surface area contributed by atoms with Crippen LogP contribution in [-0.4, -0.2) is 32.8 Å². The van der Waals surface area contributed by atoms with Crippen molar-refractivity contribution in [1.29, 1.82) is 0 Å². The van der Waals surface area contributed by atoms with Gasteiger partial charge in [-0.3, -0.25) is 0 Å². The van der Waals surface area contributed by atoms with Gasteiger partial charge in [-0.15, -0.1) is 0 Å². The third-order valence-corrected chi connectivity index (χ3v) is 2.78. The summed E-state index contributed by atoms with van der Waals surface area (Å²) in [7, 11) is 0. The minimum Gasteiger partial charge on any atom is -0.383 e. The molecule has 1 N–H and O–H groups in total. The predicted molar refractivity (Wildman–Crippen MR) is 75.0 cm³/mol. The van der Waals surface area contributed by atoms with Gasteiger partial charge in [-0.2, -0.15) is 0 Å². The summed E-state index contributed by atoms with van der Waals surface area (Å²) in [6, 6.07) is 8.57. The third-order valence-electron chi connectivity index (χ3n) is 2.78. The van der Waals surface area contributed by atoms with Crippen molar-refractivity contribution in [2.24, 2.45) is 0 Å². The van der Waals surface area contributed by atoms with E-state index in [1.165, 1.54) is 5.69 Å². The van der Waals surface area contributed by atoms with Gasteiger partial charge in [-0.25, -0.2) is 0 Å². The summed E-state index contributed by atoms with van der Waals surface area (Å²) in [6.07, 6.45) is 0. The van der Waals surface area contributed by atoms with Gasteiger partial charge in [-0.05, 0) is 45.0 Å². The van der Waals surface area contributed by atoms with Gasteiger partial charge in [0.15, 0.2) is 0 Å². The van der Waals surface area contributed by atoms with E-state index in [2.05, 4.69) is 48.3 Å². The minimum absolute atomic E-state index is 0.758. The number of nitrogens with zero attached hydrogens (tertiary/aromatic N) is 1. The molecular formula is C14H24N2O. The van der Waals surface area contributed by atoms with E-state index in [1.54, 1.807) is 0 Å². The molecule has 0 unspecified atom stereocenters. The van der Waals surface area contributed by atoms with Crippen LogP contribution in [0.25, 0.3) is 0 Å². The van der Waals surface area contributed by atoms with Crippen LogP contribution < -0.4 is 10.2 Å². The quantitative estimate of drug-likeness (QED) is 0.702. The summed E-state index contributed by atoms with van der Waals surface area (Å²) < 4.78 is 5.28. The first kappa shape index (κ1) is 13.8. The molecule has 0 fully saturated rings. The van der Waals surface area contributed by atoms with Crippen molar-refractivity contribution in [3.05, 3.63) is 24.3 Å². The zero-order chi connectivity index (χ0) is 12.5. The topological polar surface area (TPSA) is 24.5 Å². The maximum atomic E-state index is 5.28. The SMILES string of the molecule is CCOCCNc1ccc(N(CC)CC)cc1. The summed E-state index contributed by atoms with van der Waals surface area (Å²) in [4.78, 5) is 2.34. The highest BCUT2D eigenvalue weighted by atomic mass is 16.5. The number of anilines is 2. The highest BCUT2D eigenvalue weighted by molar-refractivity contribution is 5.54. The summed E-state index contributed by atoms with van der Waals surface area (Å²) >= 11 is 0. The second-order valence-electron chi connectivity index (χ2n) is 3.84. The highest BCUT2D eigenvalue weighted by Crippen LogP contribution is 2.17. The Labute approximate surface area is 105 Å². The molecule has 3 nitrogen and oxygen atoms in total. The van der Waals surface area contributed by atoms with Gasteiger partial charge >= 0.3 is 0 Å².